The van der Waals surface area contributed by atoms with Gasteiger partial charge in [-0.15, -0.1) is 0 Å². The lowest BCUT2D eigenvalue weighted by Gasteiger charge is -2.13. The smallest absolute Gasteiger partial charge is 0.384 e. The van der Waals surface area contributed by atoms with E-state index in [-0.39, 0.29) is 6.54 Å². The number of para-hydroxylation sites is 1. The minimum atomic E-state index is -4.09. The van der Waals surface area contributed by atoms with E-state index in [1.54, 1.807) is 0 Å². The fraction of sp³-hybridized carbons (Fsp3) is 0.455. The second kappa shape index (κ2) is 4.55. The van der Waals surface area contributed by atoms with E-state index in [2.05, 4.69) is 5.32 Å². The molecule has 1 N–H and O–H groups in total. The maximum Gasteiger partial charge on any atom is 0.390 e. The summed E-state index contributed by atoms with van der Waals surface area (Å²) in [5.41, 5.74) is 2.75. The van der Waals surface area contributed by atoms with Crippen molar-refractivity contribution in [1.82, 2.24) is 0 Å². The maximum absolute atomic E-state index is 11.9. The number of anilines is 1. The average Bonchev–Trinajstić information content (AvgIpc) is 2.08. The molecule has 0 bridgehead atoms. The van der Waals surface area contributed by atoms with E-state index in [1.165, 1.54) is 0 Å². The summed E-state index contributed by atoms with van der Waals surface area (Å²) in [6, 6.07) is 5.64. The molecule has 4 heteroatoms. The van der Waals surface area contributed by atoms with E-state index < -0.39 is 12.6 Å². The summed E-state index contributed by atoms with van der Waals surface area (Å²) in [5.74, 6) is 0. The van der Waals surface area contributed by atoms with Gasteiger partial charge < -0.3 is 5.32 Å². The molecule has 0 radical (unpaired) electrons. The minimum absolute atomic E-state index is 0.0742. The molecule has 0 fully saturated rings. The van der Waals surface area contributed by atoms with Crippen LogP contribution in [-0.2, 0) is 0 Å². The molecule has 1 nitrogen and oxygen atoms in total. The minimum Gasteiger partial charge on any atom is -0.384 e. The molecule has 0 aliphatic rings. The topological polar surface area (TPSA) is 12.0 Å². The third-order valence-corrected chi connectivity index (χ3v) is 2.19. The summed E-state index contributed by atoms with van der Waals surface area (Å²) in [6.45, 7) is 3.68. The van der Waals surface area contributed by atoms with Gasteiger partial charge in [0.25, 0.3) is 0 Å². The molecule has 1 aromatic rings. The van der Waals surface area contributed by atoms with E-state index in [0.29, 0.717) is 0 Å². The molecule has 0 aliphatic heterocycles. The van der Waals surface area contributed by atoms with Gasteiger partial charge in [-0.25, -0.2) is 0 Å². The van der Waals surface area contributed by atoms with Crippen molar-refractivity contribution < 1.29 is 13.2 Å². The number of nitrogens with one attached hydrogen (secondary N) is 1. The highest BCUT2D eigenvalue weighted by atomic mass is 19.4. The summed E-state index contributed by atoms with van der Waals surface area (Å²) in [4.78, 5) is 0. The first kappa shape index (κ1) is 11.9. The molecule has 0 amide bonds. The molecule has 1 rings (SSSR count). The van der Waals surface area contributed by atoms with Gasteiger partial charge in [-0.2, -0.15) is 13.2 Å². The molecular weight excluding hydrogens is 203 g/mol. The van der Waals surface area contributed by atoms with Crippen LogP contribution in [0.1, 0.15) is 17.5 Å². The second-order valence-electron chi connectivity index (χ2n) is 3.56. The van der Waals surface area contributed by atoms with Gasteiger partial charge in [-0.05, 0) is 25.0 Å². The fourth-order valence-corrected chi connectivity index (χ4v) is 1.42. The zero-order valence-corrected chi connectivity index (χ0v) is 8.78. The number of rotatable bonds is 3. The molecule has 0 aliphatic carbocycles. The van der Waals surface area contributed by atoms with E-state index >= 15 is 0 Å². The van der Waals surface area contributed by atoms with E-state index in [0.717, 1.165) is 16.8 Å². The van der Waals surface area contributed by atoms with Crippen molar-refractivity contribution >= 4 is 5.69 Å². The van der Waals surface area contributed by atoms with Crippen LogP contribution in [0.25, 0.3) is 0 Å². The molecule has 0 saturated carbocycles. The lowest BCUT2D eigenvalue weighted by Crippen LogP contribution is -2.15. The Morgan fingerprint density at radius 2 is 1.67 bits per heavy atom. The Hall–Kier alpha value is -1.19. The number of halogens is 3. The molecule has 0 heterocycles. The molecule has 0 unspecified atom stereocenters. The summed E-state index contributed by atoms with van der Waals surface area (Å²) in [6.07, 6.45) is -4.90. The summed E-state index contributed by atoms with van der Waals surface area (Å²) in [7, 11) is 0. The van der Waals surface area contributed by atoms with Crippen LogP contribution in [0.3, 0.4) is 0 Å². The Morgan fingerprint density at radius 1 is 1.13 bits per heavy atom. The van der Waals surface area contributed by atoms with Gasteiger partial charge in [0.15, 0.2) is 0 Å². The van der Waals surface area contributed by atoms with Crippen LogP contribution in [0.4, 0.5) is 18.9 Å². The largest absolute Gasteiger partial charge is 0.390 e. The summed E-state index contributed by atoms with van der Waals surface area (Å²) >= 11 is 0. The van der Waals surface area contributed by atoms with Crippen LogP contribution in [-0.4, -0.2) is 12.7 Å². The van der Waals surface area contributed by atoms with Crippen LogP contribution in [0.2, 0.25) is 0 Å². The predicted octanol–water partition coefficient (Wildman–Crippen LogP) is 3.67. The zero-order valence-electron chi connectivity index (χ0n) is 8.78. The normalized spacial score (nSPS) is 11.5. The van der Waals surface area contributed by atoms with Crippen molar-refractivity contribution in [3.05, 3.63) is 29.3 Å². The molecular formula is C11H14F3N. The number of alkyl halides is 3. The van der Waals surface area contributed by atoms with Crippen LogP contribution < -0.4 is 5.32 Å². The van der Waals surface area contributed by atoms with Crippen molar-refractivity contribution in [1.29, 1.82) is 0 Å². The predicted molar refractivity (Wildman–Crippen MR) is 55.1 cm³/mol. The SMILES string of the molecule is Cc1cccc(C)c1NCCC(F)(F)F. The maximum atomic E-state index is 11.9. The number of benzene rings is 1. The van der Waals surface area contributed by atoms with Crippen LogP contribution in [0.15, 0.2) is 18.2 Å². The highest BCUT2D eigenvalue weighted by molar-refractivity contribution is 5.56. The van der Waals surface area contributed by atoms with E-state index in [4.69, 9.17) is 0 Å². The molecule has 1 aromatic carbocycles. The standard InChI is InChI=1S/C11H14F3N/c1-8-4-3-5-9(2)10(8)15-7-6-11(12,13)14/h3-5,15H,6-7H2,1-2H3. The Bertz CT molecular complexity index is 311. The molecule has 0 aromatic heterocycles. The molecule has 15 heavy (non-hydrogen) atoms. The quantitative estimate of drug-likeness (QED) is 0.814. The average molecular weight is 217 g/mol. The first-order chi connectivity index (χ1) is 6.90. The van der Waals surface area contributed by atoms with E-state index in [9.17, 15) is 13.2 Å². The summed E-state index contributed by atoms with van der Waals surface area (Å²) < 4.78 is 35.8. The van der Waals surface area contributed by atoms with Gasteiger partial charge in [0.2, 0.25) is 0 Å². The Balaban J connectivity index is 2.58. The Morgan fingerprint density at radius 3 is 2.13 bits per heavy atom. The van der Waals surface area contributed by atoms with Gasteiger partial charge in [0.1, 0.15) is 0 Å². The molecule has 0 saturated heterocycles. The highest BCUT2D eigenvalue weighted by Crippen LogP contribution is 2.22. The van der Waals surface area contributed by atoms with Crippen LogP contribution in [0, 0.1) is 13.8 Å². The van der Waals surface area contributed by atoms with Crippen LogP contribution >= 0.6 is 0 Å². The Labute approximate surface area is 87.3 Å². The van der Waals surface area contributed by atoms with Crippen molar-refractivity contribution in [2.45, 2.75) is 26.4 Å². The van der Waals surface area contributed by atoms with Gasteiger partial charge in [0, 0.05) is 12.2 Å². The zero-order chi connectivity index (χ0) is 11.5. The number of hydrogen-bond acceptors (Lipinski definition) is 1. The third-order valence-electron chi connectivity index (χ3n) is 2.19. The third kappa shape index (κ3) is 3.81. The lowest BCUT2D eigenvalue weighted by atomic mass is 10.1. The van der Waals surface area contributed by atoms with Gasteiger partial charge >= 0.3 is 6.18 Å². The molecule has 84 valence electrons. The van der Waals surface area contributed by atoms with Crippen molar-refractivity contribution in [3.63, 3.8) is 0 Å². The lowest BCUT2D eigenvalue weighted by molar-refractivity contribution is -0.131. The van der Waals surface area contributed by atoms with Crippen molar-refractivity contribution in [2.24, 2.45) is 0 Å². The molecule has 0 spiro atoms. The van der Waals surface area contributed by atoms with Crippen LogP contribution in [0.5, 0.6) is 0 Å². The van der Waals surface area contributed by atoms with Crippen molar-refractivity contribution in [3.8, 4) is 0 Å². The van der Waals surface area contributed by atoms with Gasteiger partial charge in [-0.1, -0.05) is 18.2 Å². The van der Waals surface area contributed by atoms with Gasteiger partial charge in [0.05, 0.1) is 6.42 Å². The summed E-state index contributed by atoms with van der Waals surface area (Å²) in [5, 5.41) is 2.82. The molecule has 0 atom stereocenters. The second-order valence-corrected chi connectivity index (χ2v) is 3.56. The Kier molecular flexibility index (Phi) is 3.61. The first-order valence-electron chi connectivity index (χ1n) is 4.77. The van der Waals surface area contributed by atoms with Gasteiger partial charge in [-0.3, -0.25) is 0 Å². The monoisotopic (exact) mass is 217 g/mol. The highest BCUT2D eigenvalue weighted by Gasteiger charge is 2.26. The van der Waals surface area contributed by atoms with E-state index in [1.807, 2.05) is 32.0 Å². The number of aryl methyl sites for hydroxylation is 2. The van der Waals surface area contributed by atoms with Crippen molar-refractivity contribution in [2.75, 3.05) is 11.9 Å². The fourth-order valence-electron chi connectivity index (χ4n) is 1.42. The number of hydrogen-bond donors (Lipinski definition) is 1. The first-order valence-corrected chi connectivity index (χ1v) is 4.77.